The van der Waals surface area contributed by atoms with Crippen LogP contribution in [-0.2, 0) is 6.54 Å². The minimum atomic E-state index is -4.76. The molecule has 0 saturated heterocycles. The molecule has 210 valence electrons. The second-order valence-electron chi connectivity index (χ2n) is 10.4. The molecule has 0 radical (unpaired) electrons. The Bertz CT molecular complexity index is 1700. The lowest BCUT2D eigenvalue weighted by Crippen LogP contribution is -2.29. The molecule has 6 rings (SSSR count). The summed E-state index contributed by atoms with van der Waals surface area (Å²) in [4.78, 5) is 4.90. The van der Waals surface area contributed by atoms with Gasteiger partial charge in [0.15, 0.2) is 0 Å². The number of alkyl halides is 3. The first kappa shape index (κ1) is 26.8. The van der Waals surface area contributed by atoms with E-state index in [-0.39, 0.29) is 17.9 Å². The fraction of sp³-hybridized carbons (Fsp3) is 0.250. The Labute approximate surface area is 234 Å². The van der Waals surface area contributed by atoms with Gasteiger partial charge in [0.2, 0.25) is 0 Å². The van der Waals surface area contributed by atoms with Crippen LogP contribution in [0.2, 0.25) is 0 Å². The van der Waals surface area contributed by atoms with E-state index in [0.717, 1.165) is 40.8 Å². The van der Waals surface area contributed by atoms with Crippen molar-refractivity contribution in [2.24, 2.45) is 0 Å². The normalized spacial score (nSPS) is 17.6. The maximum atomic E-state index is 12.7. The lowest BCUT2D eigenvalue weighted by molar-refractivity contribution is -0.274. The molecule has 0 unspecified atom stereocenters. The Balaban J connectivity index is 1.56. The summed E-state index contributed by atoms with van der Waals surface area (Å²) in [7, 11) is 0. The first-order chi connectivity index (χ1) is 19.8. The molecule has 41 heavy (non-hydrogen) atoms. The van der Waals surface area contributed by atoms with E-state index >= 15 is 0 Å². The monoisotopic (exact) mass is 558 g/mol. The highest BCUT2D eigenvalue weighted by Gasteiger charge is 2.31. The lowest BCUT2D eigenvalue weighted by Gasteiger charge is -2.27. The van der Waals surface area contributed by atoms with E-state index in [9.17, 15) is 23.7 Å². The fourth-order valence-electron chi connectivity index (χ4n) is 5.80. The molecule has 2 heterocycles. The number of nitrogens with one attached hydrogen (secondary N) is 1. The third-order valence-corrected chi connectivity index (χ3v) is 7.70. The predicted molar refractivity (Wildman–Crippen MR) is 150 cm³/mol. The van der Waals surface area contributed by atoms with Crippen molar-refractivity contribution in [3.8, 4) is 28.1 Å². The molecular formula is C32H29F3N4O2. The molecule has 0 amide bonds. The summed E-state index contributed by atoms with van der Waals surface area (Å²) >= 11 is 0. The molecule has 5 aromatic rings. The van der Waals surface area contributed by atoms with E-state index in [1.54, 1.807) is 18.5 Å². The quantitative estimate of drug-likeness (QED) is 0.234. The average molecular weight is 559 g/mol. The molecule has 1 saturated carbocycles. The van der Waals surface area contributed by atoms with Crippen LogP contribution in [0.25, 0.3) is 33.4 Å². The van der Waals surface area contributed by atoms with Crippen LogP contribution < -0.4 is 10.2 Å². The highest BCUT2D eigenvalue weighted by atomic mass is 19.4. The maximum Gasteiger partial charge on any atom is 0.573 e. The molecule has 1 fully saturated rings. The number of halogens is 3. The van der Waals surface area contributed by atoms with E-state index in [1.807, 2.05) is 69.8 Å². The Kier molecular flexibility index (Phi) is 7.13. The summed E-state index contributed by atoms with van der Waals surface area (Å²) in [5.41, 5.74) is 5.37. The number of hydrogen-bond acceptors (Lipinski definition) is 4. The minimum Gasteiger partial charge on any atom is -0.406 e. The number of hydrogen-bond donors (Lipinski definition) is 2. The molecule has 3 aromatic carbocycles. The highest BCUT2D eigenvalue weighted by Crippen LogP contribution is 2.40. The molecule has 2 N–H and O–H groups in total. The number of aromatic nitrogens is 3. The predicted octanol–water partition coefficient (Wildman–Crippen LogP) is 7.07. The van der Waals surface area contributed by atoms with Gasteiger partial charge in [0.05, 0.1) is 23.5 Å². The van der Waals surface area contributed by atoms with Crippen LogP contribution in [0.4, 0.5) is 13.2 Å². The van der Waals surface area contributed by atoms with Crippen molar-refractivity contribution in [3.63, 3.8) is 0 Å². The SMILES string of the molecule is N=c1c2c(-c3ccccc3)c(-c3ccccc3)n(Cc3ccc(OC(F)(F)F)cc3)c2ncn1[C@H]1CC[C@@H](O)CC1. The van der Waals surface area contributed by atoms with Crippen molar-refractivity contribution in [3.05, 3.63) is 102 Å². The number of aliphatic hydroxyl groups is 1. The zero-order valence-electron chi connectivity index (χ0n) is 22.2. The first-order valence-corrected chi connectivity index (χ1v) is 13.6. The molecule has 2 aromatic heterocycles. The van der Waals surface area contributed by atoms with Gasteiger partial charge in [0.1, 0.15) is 16.9 Å². The van der Waals surface area contributed by atoms with Crippen LogP contribution in [-0.4, -0.2) is 31.7 Å². The van der Waals surface area contributed by atoms with Gasteiger partial charge in [0.25, 0.3) is 0 Å². The van der Waals surface area contributed by atoms with Crippen molar-refractivity contribution < 1.29 is 23.0 Å². The van der Waals surface area contributed by atoms with E-state index < -0.39 is 6.36 Å². The third-order valence-electron chi connectivity index (χ3n) is 7.70. The summed E-state index contributed by atoms with van der Waals surface area (Å²) in [5, 5.41) is 20.2. The molecule has 1 aliphatic carbocycles. The Morgan fingerprint density at radius 2 is 1.46 bits per heavy atom. The van der Waals surface area contributed by atoms with E-state index in [4.69, 9.17) is 4.98 Å². The van der Waals surface area contributed by atoms with Crippen molar-refractivity contribution in [2.75, 3.05) is 0 Å². The van der Waals surface area contributed by atoms with Crippen LogP contribution >= 0.6 is 0 Å². The van der Waals surface area contributed by atoms with Gasteiger partial charge in [-0.15, -0.1) is 13.2 Å². The van der Waals surface area contributed by atoms with Gasteiger partial charge in [-0.1, -0.05) is 72.8 Å². The number of benzene rings is 3. The summed E-state index contributed by atoms with van der Waals surface area (Å²) < 4.78 is 46.2. The highest BCUT2D eigenvalue weighted by molar-refractivity contribution is 6.02. The lowest BCUT2D eigenvalue weighted by atomic mass is 9.93. The number of aliphatic hydroxyl groups excluding tert-OH is 1. The fourth-order valence-corrected chi connectivity index (χ4v) is 5.80. The van der Waals surface area contributed by atoms with Crippen LogP contribution in [0.5, 0.6) is 5.75 Å². The average Bonchev–Trinajstić information content (AvgIpc) is 3.30. The van der Waals surface area contributed by atoms with Gasteiger partial charge >= 0.3 is 6.36 Å². The third kappa shape index (κ3) is 5.50. The van der Waals surface area contributed by atoms with Crippen molar-refractivity contribution in [1.82, 2.24) is 14.1 Å². The van der Waals surface area contributed by atoms with Crippen LogP contribution in [0.3, 0.4) is 0 Å². The van der Waals surface area contributed by atoms with Crippen molar-refractivity contribution >= 4 is 11.0 Å². The maximum absolute atomic E-state index is 12.7. The van der Waals surface area contributed by atoms with Crippen molar-refractivity contribution in [1.29, 1.82) is 5.41 Å². The molecule has 0 atom stereocenters. The molecule has 9 heteroatoms. The van der Waals surface area contributed by atoms with E-state index in [1.165, 1.54) is 12.1 Å². The van der Waals surface area contributed by atoms with Gasteiger partial charge in [-0.3, -0.25) is 5.41 Å². The van der Waals surface area contributed by atoms with E-state index in [2.05, 4.69) is 4.74 Å². The van der Waals surface area contributed by atoms with Crippen molar-refractivity contribution in [2.45, 2.75) is 50.7 Å². The Hall–Kier alpha value is -4.37. The summed E-state index contributed by atoms with van der Waals surface area (Å²) in [6, 6.07) is 25.7. The number of nitrogens with zero attached hydrogens (tertiary/aromatic N) is 3. The van der Waals surface area contributed by atoms with Gasteiger partial charge in [-0.2, -0.15) is 0 Å². The zero-order chi connectivity index (χ0) is 28.6. The second-order valence-corrected chi connectivity index (χ2v) is 10.4. The minimum absolute atomic E-state index is 0.0659. The summed E-state index contributed by atoms with van der Waals surface area (Å²) in [5.74, 6) is -0.280. The topological polar surface area (TPSA) is 76.1 Å². The van der Waals surface area contributed by atoms with E-state index in [0.29, 0.717) is 35.9 Å². The molecule has 1 aliphatic rings. The number of ether oxygens (including phenoxy) is 1. The van der Waals surface area contributed by atoms with Gasteiger partial charge in [-0.05, 0) is 54.5 Å². The first-order valence-electron chi connectivity index (χ1n) is 13.6. The molecular weight excluding hydrogens is 529 g/mol. The zero-order valence-corrected chi connectivity index (χ0v) is 22.2. The second kappa shape index (κ2) is 10.9. The van der Waals surface area contributed by atoms with Crippen LogP contribution in [0.15, 0.2) is 91.3 Å². The Morgan fingerprint density at radius 3 is 2.07 bits per heavy atom. The summed E-state index contributed by atoms with van der Waals surface area (Å²) in [6.45, 7) is 0.325. The standard InChI is InChI=1S/C32H29F3N4O2/c33-32(34,35)41-26-17-11-21(12-18-26)19-38-29(23-9-5-2-6-10-23)27(22-7-3-1-4-8-22)28-30(36)39(20-37-31(28)38)24-13-15-25(40)16-14-24/h1-12,17-18,20,24-25,36,40H,13-16,19H2/t24-,25+. The van der Waals surface area contributed by atoms with Crippen LogP contribution in [0.1, 0.15) is 37.3 Å². The molecule has 0 spiro atoms. The van der Waals surface area contributed by atoms with Gasteiger partial charge < -0.3 is 19.0 Å². The number of rotatable bonds is 6. The Morgan fingerprint density at radius 1 is 0.854 bits per heavy atom. The number of fused-ring (bicyclic) bond motifs is 1. The molecule has 0 aliphatic heterocycles. The van der Waals surface area contributed by atoms with Gasteiger partial charge in [-0.25, -0.2) is 4.98 Å². The molecule has 0 bridgehead atoms. The van der Waals surface area contributed by atoms with Crippen LogP contribution in [0, 0.1) is 5.41 Å². The van der Waals surface area contributed by atoms with Gasteiger partial charge in [0, 0.05) is 18.2 Å². The molecule has 6 nitrogen and oxygen atoms in total. The largest absolute Gasteiger partial charge is 0.573 e. The smallest absolute Gasteiger partial charge is 0.406 e. The summed E-state index contributed by atoms with van der Waals surface area (Å²) in [6.07, 6.45) is -0.447.